The van der Waals surface area contributed by atoms with Crippen LogP contribution in [0.15, 0.2) is 54.6 Å². The van der Waals surface area contributed by atoms with E-state index < -0.39 is 0 Å². The lowest BCUT2D eigenvalue weighted by Crippen LogP contribution is -2.48. The van der Waals surface area contributed by atoms with E-state index in [1.54, 1.807) is 4.90 Å². The summed E-state index contributed by atoms with van der Waals surface area (Å²) in [5, 5.41) is 6.02. The van der Waals surface area contributed by atoms with Crippen molar-refractivity contribution >= 4 is 23.3 Å². The number of para-hydroxylation sites is 2. The number of nitrogens with zero attached hydrogens (tertiary/aromatic N) is 2. The van der Waals surface area contributed by atoms with E-state index >= 15 is 0 Å². The molecule has 30 heavy (non-hydrogen) atoms. The van der Waals surface area contributed by atoms with Gasteiger partial charge in [0, 0.05) is 43.6 Å². The zero-order valence-corrected chi connectivity index (χ0v) is 17.5. The van der Waals surface area contributed by atoms with Gasteiger partial charge in [-0.15, -0.1) is 0 Å². The Hall–Kier alpha value is -3.02. The van der Waals surface area contributed by atoms with Crippen molar-refractivity contribution in [1.29, 1.82) is 0 Å². The van der Waals surface area contributed by atoms with Gasteiger partial charge in [0.1, 0.15) is 0 Å². The average Bonchev–Trinajstić information content (AvgIpc) is 3.09. The first-order chi connectivity index (χ1) is 14.6. The molecule has 4 rings (SSSR count). The Morgan fingerprint density at radius 2 is 1.83 bits per heavy atom. The molecule has 1 saturated heterocycles. The highest BCUT2D eigenvalue weighted by Gasteiger charge is 2.29. The Kier molecular flexibility index (Phi) is 6.21. The highest BCUT2D eigenvalue weighted by Crippen LogP contribution is 2.31. The molecule has 3 amide bonds. The van der Waals surface area contributed by atoms with E-state index in [-0.39, 0.29) is 17.9 Å². The van der Waals surface area contributed by atoms with Gasteiger partial charge in [0.25, 0.3) is 0 Å². The van der Waals surface area contributed by atoms with Crippen molar-refractivity contribution < 1.29 is 9.59 Å². The topological polar surface area (TPSA) is 64.7 Å². The summed E-state index contributed by atoms with van der Waals surface area (Å²) in [6.45, 7) is 4.79. The van der Waals surface area contributed by atoms with Gasteiger partial charge in [0.05, 0.1) is 5.92 Å². The second kappa shape index (κ2) is 9.20. The molecule has 0 aliphatic carbocycles. The van der Waals surface area contributed by atoms with E-state index in [0.29, 0.717) is 25.7 Å². The smallest absolute Gasteiger partial charge is 0.321 e. The van der Waals surface area contributed by atoms with Crippen LogP contribution in [0, 0.1) is 5.92 Å². The molecule has 0 saturated carbocycles. The number of likely N-dealkylation sites (tertiary alicyclic amines) is 1. The molecule has 2 heterocycles. The molecule has 2 aromatic rings. The van der Waals surface area contributed by atoms with Crippen molar-refractivity contribution in [3.63, 3.8) is 0 Å². The fourth-order valence-corrected chi connectivity index (χ4v) is 4.51. The van der Waals surface area contributed by atoms with Crippen molar-refractivity contribution in [2.75, 3.05) is 36.4 Å². The third kappa shape index (κ3) is 4.58. The fourth-order valence-electron chi connectivity index (χ4n) is 4.51. The third-order valence-corrected chi connectivity index (χ3v) is 6.10. The van der Waals surface area contributed by atoms with Crippen LogP contribution in [0.5, 0.6) is 0 Å². The summed E-state index contributed by atoms with van der Waals surface area (Å²) in [7, 11) is 0. The van der Waals surface area contributed by atoms with Gasteiger partial charge in [-0.3, -0.25) is 4.79 Å². The largest absolute Gasteiger partial charge is 0.367 e. The predicted octanol–water partition coefficient (Wildman–Crippen LogP) is 3.50. The van der Waals surface area contributed by atoms with Crippen LogP contribution in [0.3, 0.4) is 0 Å². The third-order valence-electron chi connectivity index (χ3n) is 6.10. The summed E-state index contributed by atoms with van der Waals surface area (Å²) in [6, 6.07) is 18.2. The van der Waals surface area contributed by atoms with Crippen LogP contribution in [0.25, 0.3) is 0 Å². The molecule has 2 unspecified atom stereocenters. The lowest BCUT2D eigenvalue weighted by Gasteiger charge is -2.32. The molecular formula is C24H30N4O2. The van der Waals surface area contributed by atoms with Crippen LogP contribution in [0.2, 0.25) is 0 Å². The van der Waals surface area contributed by atoms with Crippen molar-refractivity contribution in [2.45, 2.75) is 32.2 Å². The van der Waals surface area contributed by atoms with E-state index in [1.165, 1.54) is 11.3 Å². The maximum Gasteiger partial charge on any atom is 0.321 e. The van der Waals surface area contributed by atoms with Gasteiger partial charge in [-0.2, -0.15) is 0 Å². The number of hydrogen-bond donors (Lipinski definition) is 2. The molecule has 0 spiro atoms. The van der Waals surface area contributed by atoms with Crippen molar-refractivity contribution in [3.8, 4) is 0 Å². The number of hydrogen-bond acceptors (Lipinski definition) is 3. The molecule has 158 valence electrons. The highest BCUT2D eigenvalue weighted by molar-refractivity contribution is 5.90. The Labute approximate surface area is 178 Å². The van der Waals surface area contributed by atoms with Crippen LogP contribution in [0.1, 0.15) is 25.3 Å². The summed E-state index contributed by atoms with van der Waals surface area (Å²) in [5.41, 5.74) is 3.43. The van der Waals surface area contributed by atoms with Crippen LogP contribution in [-0.2, 0) is 11.2 Å². The number of benzene rings is 2. The van der Waals surface area contributed by atoms with Gasteiger partial charge < -0.3 is 20.4 Å². The van der Waals surface area contributed by atoms with E-state index in [2.05, 4.69) is 46.7 Å². The van der Waals surface area contributed by atoms with Crippen LogP contribution >= 0.6 is 0 Å². The summed E-state index contributed by atoms with van der Waals surface area (Å²) >= 11 is 0. The van der Waals surface area contributed by atoms with Crippen LogP contribution in [-0.4, -0.2) is 49.1 Å². The fraction of sp³-hybridized carbons (Fsp3) is 0.417. The van der Waals surface area contributed by atoms with Crippen molar-refractivity contribution in [1.82, 2.24) is 10.2 Å². The molecule has 2 atom stereocenters. The first-order valence-corrected chi connectivity index (χ1v) is 10.8. The van der Waals surface area contributed by atoms with Gasteiger partial charge in [-0.25, -0.2) is 4.79 Å². The molecule has 0 radical (unpaired) electrons. The predicted molar refractivity (Wildman–Crippen MR) is 120 cm³/mol. The minimum Gasteiger partial charge on any atom is -0.367 e. The summed E-state index contributed by atoms with van der Waals surface area (Å²) in [4.78, 5) is 29.4. The normalized spacial score (nSPS) is 20.6. The number of fused-ring (bicyclic) bond motifs is 1. The molecule has 1 fully saturated rings. The van der Waals surface area contributed by atoms with Gasteiger partial charge in [0.2, 0.25) is 5.91 Å². The summed E-state index contributed by atoms with van der Waals surface area (Å²) < 4.78 is 0. The molecule has 2 aliphatic heterocycles. The maximum atomic E-state index is 12.7. The van der Waals surface area contributed by atoms with Crippen molar-refractivity contribution in [3.05, 3.63) is 60.2 Å². The minimum atomic E-state index is -0.149. The SMILES string of the molecule is CC1Cc2ccccc2N1CCNC(=O)C1CCCN(C(=O)Nc2ccccc2)C1. The van der Waals surface area contributed by atoms with E-state index in [4.69, 9.17) is 0 Å². The monoisotopic (exact) mass is 406 g/mol. The molecular weight excluding hydrogens is 376 g/mol. The Bertz CT molecular complexity index is 886. The summed E-state index contributed by atoms with van der Waals surface area (Å²) in [6.07, 6.45) is 2.72. The highest BCUT2D eigenvalue weighted by atomic mass is 16.2. The van der Waals surface area contributed by atoms with Gasteiger partial charge in [-0.1, -0.05) is 36.4 Å². The van der Waals surface area contributed by atoms with Crippen molar-refractivity contribution in [2.24, 2.45) is 5.92 Å². The average molecular weight is 407 g/mol. The zero-order chi connectivity index (χ0) is 20.9. The maximum absolute atomic E-state index is 12.7. The molecule has 6 nitrogen and oxygen atoms in total. The minimum absolute atomic E-state index is 0.0485. The Morgan fingerprint density at radius 3 is 2.67 bits per heavy atom. The standard InChI is InChI=1S/C24H30N4O2/c1-18-16-19-8-5-6-12-22(19)28(18)15-13-25-23(29)20-9-7-14-27(17-20)24(30)26-21-10-3-2-4-11-21/h2-6,8,10-12,18,20H,7,9,13-17H2,1H3,(H,25,29)(H,26,30). The second-order valence-electron chi connectivity index (χ2n) is 8.25. The van der Waals surface area contributed by atoms with Gasteiger partial charge >= 0.3 is 6.03 Å². The lowest BCUT2D eigenvalue weighted by molar-refractivity contribution is -0.126. The molecule has 0 aromatic heterocycles. The van der Waals surface area contributed by atoms with E-state index in [1.807, 2.05) is 30.3 Å². The molecule has 2 aromatic carbocycles. The number of piperidine rings is 1. The quantitative estimate of drug-likeness (QED) is 0.799. The number of nitrogens with one attached hydrogen (secondary N) is 2. The molecule has 0 bridgehead atoms. The number of urea groups is 1. The molecule has 2 aliphatic rings. The number of rotatable bonds is 5. The molecule has 6 heteroatoms. The zero-order valence-electron chi connectivity index (χ0n) is 17.5. The van der Waals surface area contributed by atoms with E-state index in [0.717, 1.165) is 31.5 Å². The number of anilines is 2. The number of amides is 3. The molecule has 2 N–H and O–H groups in total. The lowest BCUT2D eigenvalue weighted by atomic mass is 9.97. The van der Waals surface area contributed by atoms with Crippen LogP contribution < -0.4 is 15.5 Å². The number of carbonyl (C=O) groups is 2. The first-order valence-electron chi connectivity index (χ1n) is 10.8. The van der Waals surface area contributed by atoms with Gasteiger partial charge in [-0.05, 0) is 49.9 Å². The first kappa shape index (κ1) is 20.3. The van der Waals surface area contributed by atoms with Crippen LogP contribution in [0.4, 0.5) is 16.2 Å². The van der Waals surface area contributed by atoms with E-state index in [9.17, 15) is 9.59 Å². The number of carbonyl (C=O) groups excluding carboxylic acids is 2. The Morgan fingerprint density at radius 1 is 1.07 bits per heavy atom. The summed E-state index contributed by atoms with van der Waals surface area (Å²) in [5.74, 6) is -0.101. The van der Waals surface area contributed by atoms with Gasteiger partial charge in [0.15, 0.2) is 0 Å². The second-order valence-corrected chi connectivity index (χ2v) is 8.25. The Balaban J connectivity index is 1.26.